The van der Waals surface area contributed by atoms with Crippen LogP contribution < -0.4 is 11.1 Å². The van der Waals surface area contributed by atoms with Gasteiger partial charge >= 0.3 is 74.5 Å². The second-order valence-electron chi connectivity index (χ2n) is 17.4. The molecule has 0 saturated carbocycles. The molecule has 0 aliphatic heterocycles. The lowest BCUT2D eigenvalue weighted by Crippen LogP contribution is -2.62. The van der Waals surface area contributed by atoms with E-state index in [4.69, 9.17) is 42.8 Å². The number of urea groups is 1. The smallest absolute Gasteiger partial charge is 0.314 e. The molecule has 22 heteroatoms. The van der Waals surface area contributed by atoms with Crippen molar-refractivity contribution in [1.29, 1.82) is 0 Å². The topological polar surface area (TPSA) is 138 Å². The Bertz CT molecular complexity index is 1020. The number of nitrogens with two attached hydrogens (primary N) is 1. The standard InChI is InChI=1S/C25H72N2O10Si10/c1-38(2,3)29-40(6,7)31-42(10,11)33-44(14,15)35-46(18,19)37-47(20,21)36-45(16,17)34-43(12,13)32-41(8,9)30-39(4,5)24-22-23-27-25(26)28/h22-24H2,1-21H3,(H3,26,27,28). The first kappa shape index (κ1) is 48.1. The summed E-state index contributed by atoms with van der Waals surface area (Å²) in [5, 5.41) is 2.65. The van der Waals surface area contributed by atoms with Crippen molar-refractivity contribution >= 4 is 91.2 Å². The Morgan fingerprint density at radius 3 is 0.894 bits per heavy atom. The Kier molecular flexibility index (Phi) is 17.2. The zero-order valence-corrected chi connectivity index (χ0v) is 43.8. The SMILES string of the molecule is C[Si](C)(C)O[Si](C)(C)O[Si](C)(C)O[Si](C)(C)O[Si](C)(C)O[Si](C)(C)O[Si](C)(C)O[Si](C)(C)O[Si](C)(C)O[Si](C)(C)CCCNC(N)=O. The summed E-state index contributed by atoms with van der Waals surface area (Å²) < 4.78 is 60.1. The van der Waals surface area contributed by atoms with Gasteiger partial charge in [0.25, 0.3) is 0 Å². The Balaban J connectivity index is 5.41. The Labute approximate surface area is 299 Å². The van der Waals surface area contributed by atoms with Crippen LogP contribution in [0.5, 0.6) is 0 Å². The molecule has 0 aliphatic rings. The Hall–Kier alpha value is 1.08. The van der Waals surface area contributed by atoms with Gasteiger partial charge in [0.15, 0.2) is 16.6 Å². The van der Waals surface area contributed by atoms with Gasteiger partial charge in [-0.25, -0.2) is 4.79 Å². The number of hydrogen-bond acceptors (Lipinski definition) is 10. The largest absolute Gasteiger partial charge is 0.437 e. The van der Waals surface area contributed by atoms with Gasteiger partial charge in [0.1, 0.15) is 0 Å². The molecule has 0 unspecified atom stereocenters. The Morgan fingerprint density at radius 2 is 0.660 bits per heavy atom. The minimum atomic E-state index is -2.69. The molecule has 0 fully saturated rings. The molecule has 2 amide bonds. The summed E-state index contributed by atoms with van der Waals surface area (Å²) in [5.41, 5.74) is 5.19. The van der Waals surface area contributed by atoms with Crippen LogP contribution in [0.4, 0.5) is 4.79 Å². The van der Waals surface area contributed by atoms with Crippen molar-refractivity contribution in [3.63, 3.8) is 0 Å². The zero-order chi connectivity index (χ0) is 37.8. The van der Waals surface area contributed by atoms with E-state index in [-0.39, 0.29) is 0 Å². The number of carbonyl (C=O) groups excluding carboxylic acids is 1. The molecule has 0 aliphatic carbocycles. The van der Waals surface area contributed by atoms with Crippen LogP contribution in [-0.2, 0) is 37.0 Å². The molecule has 12 nitrogen and oxygen atoms in total. The van der Waals surface area contributed by atoms with Crippen LogP contribution in [0.15, 0.2) is 0 Å². The van der Waals surface area contributed by atoms with E-state index in [0.29, 0.717) is 6.54 Å². The van der Waals surface area contributed by atoms with E-state index in [0.717, 1.165) is 12.5 Å². The van der Waals surface area contributed by atoms with Gasteiger partial charge in [0.2, 0.25) is 0 Å². The van der Waals surface area contributed by atoms with Crippen LogP contribution >= 0.6 is 0 Å². The highest BCUT2D eigenvalue weighted by Gasteiger charge is 2.50. The first-order chi connectivity index (χ1) is 20.3. The summed E-state index contributed by atoms with van der Waals surface area (Å²) in [6, 6.07) is 0.389. The van der Waals surface area contributed by atoms with E-state index < -0.39 is 91.2 Å². The van der Waals surface area contributed by atoms with Crippen molar-refractivity contribution in [1.82, 2.24) is 5.32 Å². The lowest BCUT2D eigenvalue weighted by Gasteiger charge is -2.44. The number of primary amides is 1. The second kappa shape index (κ2) is 16.8. The van der Waals surface area contributed by atoms with Crippen molar-refractivity contribution in [3.8, 4) is 0 Å². The number of nitrogens with one attached hydrogen (secondary N) is 1. The summed E-state index contributed by atoms with van der Waals surface area (Å²) in [4.78, 5) is 11.0. The van der Waals surface area contributed by atoms with E-state index in [2.05, 4.69) is 143 Å². The molecule has 0 spiro atoms. The third-order valence-corrected chi connectivity index (χ3v) is 43.4. The zero-order valence-electron chi connectivity index (χ0n) is 33.8. The predicted molar refractivity (Wildman–Crippen MR) is 217 cm³/mol. The quantitative estimate of drug-likeness (QED) is 0.0819. The Morgan fingerprint density at radius 1 is 0.426 bits per heavy atom. The van der Waals surface area contributed by atoms with Gasteiger partial charge in [0, 0.05) is 6.54 Å². The molecule has 0 bridgehead atoms. The van der Waals surface area contributed by atoms with Crippen LogP contribution in [0, 0.1) is 0 Å². The van der Waals surface area contributed by atoms with Crippen molar-refractivity contribution in [2.45, 2.75) is 150 Å². The maximum absolute atomic E-state index is 11.0. The molecule has 0 atom stereocenters. The van der Waals surface area contributed by atoms with Crippen molar-refractivity contribution in [2.75, 3.05) is 6.54 Å². The molecule has 47 heavy (non-hydrogen) atoms. The predicted octanol–water partition coefficient (Wildman–Crippen LogP) is 7.85. The molecule has 0 aromatic heterocycles. The van der Waals surface area contributed by atoms with E-state index in [1.54, 1.807) is 0 Å². The normalized spacial score (nSPS) is 15.3. The highest BCUT2D eigenvalue weighted by molar-refractivity contribution is 6.93. The van der Waals surface area contributed by atoms with Gasteiger partial charge in [-0.1, -0.05) is 0 Å². The molecule has 282 valence electrons. The van der Waals surface area contributed by atoms with Crippen LogP contribution in [0.2, 0.25) is 144 Å². The van der Waals surface area contributed by atoms with Crippen LogP contribution in [0.1, 0.15) is 6.42 Å². The van der Waals surface area contributed by atoms with Crippen LogP contribution in [0.25, 0.3) is 0 Å². The fourth-order valence-electron chi connectivity index (χ4n) is 6.49. The molecule has 0 aromatic rings. The van der Waals surface area contributed by atoms with Crippen molar-refractivity contribution in [3.05, 3.63) is 0 Å². The van der Waals surface area contributed by atoms with E-state index in [9.17, 15) is 4.79 Å². The van der Waals surface area contributed by atoms with Crippen LogP contribution in [0.3, 0.4) is 0 Å². The van der Waals surface area contributed by atoms with E-state index in [1.807, 2.05) is 0 Å². The maximum Gasteiger partial charge on any atom is 0.314 e. The van der Waals surface area contributed by atoms with Crippen molar-refractivity contribution < 1.29 is 41.8 Å². The van der Waals surface area contributed by atoms with Crippen molar-refractivity contribution in [2.24, 2.45) is 5.73 Å². The monoisotopic (exact) mass is 840 g/mol. The van der Waals surface area contributed by atoms with Gasteiger partial charge in [-0.15, -0.1) is 0 Å². The molecule has 0 radical (unpaired) electrons. The first-order valence-electron chi connectivity index (χ1n) is 16.6. The molecular formula is C25H72N2O10Si10. The molecule has 0 rings (SSSR count). The fourth-order valence-corrected chi connectivity index (χ4v) is 56.6. The highest BCUT2D eigenvalue weighted by Crippen LogP contribution is 2.31. The molecule has 3 N–H and O–H groups in total. The summed E-state index contributed by atoms with van der Waals surface area (Å²) in [6.45, 7) is 44.6. The average Bonchev–Trinajstić information content (AvgIpc) is 2.60. The van der Waals surface area contributed by atoms with E-state index >= 15 is 0 Å². The van der Waals surface area contributed by atoms with Gasteiger partial charge < -0.3 is 48.1 Å². The third-order valence-electron chi connectivity index (χ3n) is 5.77. The van der Waals surface area contributed by atoms with Gasteiger partial charge in [-0.05, 0) is 150 Å². The molecule has 0 heterocycles. The van der Waals surface area contributed by atoms with Crippen LogP contribution in [-0.4, -0.2) is 97.7 Å². The third kappa shape index (κ3) is 24.0. The van der Waals surface area contributed by atoms with Gasteiger partial charge in [0.05, 0.1) is 0 Å². The highest BCUT2D eigenvalue weighted by atomic mass is 28.5. The minimum absolute atomic E-state index is 0.502. The molecule has 0 aromatic carbocycles. The molecule has 0 saturated heterocycles. The summed E-state index contributed by atoms with van der Waals surface area (Å²) >= 11 is 0. The lowest BCUT2D eigenvalue weighted by atomic mass is 10.5. The lowest BCUT2D eigenvalue weighted by molar-refractivity contribution is 0.248. The number of amides is 2. The average molecular weight is 842 g/mol. The molecular weight excluding hydrogens is 769 g/mol. The number of rotatable bonds is 22. The minimum Gasteiger partial charge on any atom is -0.437 e. The van der Waals surface area contributed by atoms with E-state index in [1.165, 1.54) is 0 Å². The first-order valence-corrected chi connectivity index (χ1v) is 45.7. The van der Waals surface area contributed by atoms with Gasteiger partial charge in [-0.2, -0.15) is 0 Å². The summed E-state index contributed by atoms with van der Waals surface area (Å²) in [7, 11) is -24.6. The fraction of sp³-hybridized carbons (Fsp3) is 0.960. The summed E-state index contributed by atoms with van der Waals surface area (Å²) in [5.74, 6) is 0. The number of carbonyl (C=O) groups is 1. The maximum atomic E-state index is 11.0. The number of hydrogen-bond donors (Lipinski definition) is 2. The second-order valence-corrected chi connectivity index (χ2v) is 55.4. The summed E-state index contributed by atoms with van der Waals surface area (Å²) in [6.07, 6.45) is 0.813. The van der Waals surface area contributed by atoms with Gasteiger partial charge in [-0.3, -0.25) is 0 Å².